The first kappa shape index (κ1) is 41.1. The van der Waals surface area contributed by atoms with Crippen LogP contribution in [0.4, 0.5) is 19.0 Å². The molecule has 0 bridgehead atoms. The van der Waals surface area contributed by atoms with Gasteiger partial charge in [0, 0.05) is 42.8 Å². The first-order chi connectivity index (χ1) is 29.1. The summed E-state index contributed by atoms with van der Waals surface area (Å²) in [5.41, 5.74) is 3.90. The molecule has 9 rings (SSSR count). The third-order valence-corrected chi connectivity index (χ3v) is 14.1. The summed E-state index contributed by atoms with van der Waals surface area (Å²) in [6.07, 6.45) is -0.713. The van der Waals surface area contributed by atoms with Gasteiger partial charge in [0.05, 0.1) is 33.8 Å². The summed E-state index contributed by atoms with van der Waals surface area (Å²) in [4.78, 5) is 67.5. The quantitative estimate of drug-likeness (QED) is 0.140. The largest absolute Gasteiger partial charge is 0.507 e. The highest BCUT2D eigenvalue weighted by atomic mass is 35.5. The average Bonchev–Trinajstić information content (AvgIpc) is 3.61. The number of benzene rings is 3. The number of hydrazine groups is 1. The van der Waals surface area contributed by atoms with E-state index < -0.39 is 63.6 Å². The molecule has 15 heteroatoms. The van der Waals surface area contributed by atoms with Crippen LogP contribution in [0.15, 0.2) is 90.6 Å². The molecule has 6 atom stereocenters. The van der Waals surface area contributed by atoms with Crippen molar-refractivity contribution < 1.29 is 37.5 Å². The molecule has 4 amide bonds. The Balaban J connectivity index is 1.13. The van der Waals surface area contributed by atoms with Crippen LogP contribution in [0.3, 0.4) is 0 Å². The Bertz CT molecular complexity index is 2470. The third-order valence-electron chi connectivity index (χ3n) is 13.6. The molecule has 2 aliphatic carbocycles. The Labute approximate surface area is 360 Å². The van der Waals surface area contributed by atoms with Crippen molar-refractivity contribution in [1.82, 2.24) is 19.8 Å². The summed E-state index contributed by atoms with van der Waals surface area (Å²) >= 11 is 12.7. The van der Waals surface area contributed by atoms with Crippen LogP contribution in [0.25, 0.3) is 0 Å². The number of halogens is 5. The van der Waals surface area contributed by atoms with Crippen molar-refractivity contribution in [3.63, 3.8) is 0 Å². The molecule has 316 valence electrons. The number of anilines is 1. The van der Waals surface area contributed by atoms with Gasteiger partial charge in [-0.2, -0.15) is 18.2 Å². The fourth-order valence-corrected chi connectivity index (χ4v) is 11.2. The number of carbonyl (C=O) groups is 4. The summed E-state index contributed by atoms with van der Waals surface area (Å²) in [7, 11) is 0. The molecule has 3 saturated heterocycles. The fourth-order valence-electron chi connectivity index (χ4n) is 10.9. The maximum absolute atomic E-state index is 15.5. The zero-order valence-electron chi connectivity index (χ0n) is 33.3. The Morgan fingerprint density at radius 2 is 1.56 bits per heavy atom. The van der Waals surface area contributed by atoms with Gasteiger partial charge in [0.25, 0.3) is 11.8 Å². The SMILES string of the molecule is Cc1cc(C2C3=CCC4C(=O)N(C5CCN(Cc6ccccc6)CC5)C(=O)C4C3CC3C(=O)N(Nc4ncc(C(F)(F)F)cc4Cl)C(=O)C32c2ccc(Cl)cc2)cc(C)c1O. The number of amides is 4. The van der Waals surface area contributed by atoms with E-state index in [1.807, 2.05) is 24.3 Å². The van der Waals surface area contributed by atoms with Gasteiger partial charge in [0.1, 0.15) is 5.75 Å². The van der Waals surface area contributed by atoms with Crippen molar-refractivity contribution in [3.05, 3.63) is 134 Å². The van der Waals surface area contributed by atoms with E-state index in [9.17, 15) is 27.9 Å². The second-order valence-corrected chi connectivity index (χ2v) is 17.8. The smallest absolute Gasteiger partial charge is 0.417 e. The summed E-state index contributed by atoms with van der Waals surface area (Å²) < 4.78 is 40.7. The number of hydrogen-bond acceptors (Lipinski definition) is 8. The van der Waals surface area contributed by atoms with Crippen LogP contribution in [0, 0.1) is 37.5 Å². The number of carbonyl (C=O) groups excluding carboxylic acids is 4. The number of nitrogens with one attached hydrogen (secondary N) is 1. The first-order valence-electron chi connectivity index (χ1n) is 20.4. The highest BCUT2D eigenvalue weighted by molar-refractivity contribution is 6.33. The van der Waals surface area contributed by atoms with Crippen LogP contribution in [0.2, 0.25) is 10.0 Å². The van der Waals surface area contributed by atoms with Crippen molar-refractivity contribution >= 4 is 52.6 Å². The summed E-state index contributed by atoms with van der Waals surface area (Å²) in [6.45, 7) is 5.66. The Morgan fingerprint density at radius 3 is 2.20 bits per heavy atom. The minimum absolute atomic E-state index is 0.0154. The number of pyridine rings is 1. The lowest BCUT2D eigenvalue weighted by Crippen LogP contribution is -2.53. The number of hydrogen-bond donors (Lipinski definition) is 2. The van der Waals surface area contributed by atoms with Gasteiger partial charge in [-0.25, -0.2) is 4.98 Å². The van der Waals surface area contributed by atoms with E-state index in [1.165, 1.54) is 10.5 Å². The fraction of sp³-hybridized carbons (Fsp3) is 0.370. The maximum atomic E-state index is 15.5. The van der Waals surface area contributed by atoms with Gasteiger partial charge >= 0.3 is 6.18 Å². The van der Waals surface area contributed by atoms with E-state index in [1.54, 1.807) is 50.2 Å². The number of imide groups is 2. The van der Waals surface area contributed by atoms with Gasteiger partial charge in [-0.1, -0.05) is 89.4 Å². The third kappa shape index (κ3) is 6.71. The molecular formula is C46H42Cl2F3N5O5. The standard InChI is InChI=1S/C46H42Cl2F3N5O5/c1-24-18-27(19-25(2)39(24)57)38-32-12-13-33-37(43(60)55(41(33)58)31-14-16-54(17-15-31)23-26-6-4-3-5-7-26)34(32)21-35-42(59)56(44(61)45(35,38)28-8-10-30(47)11-9-28)53-40-36(48)20-29(22-52-40)46(49,50)51/h3-12,18-20,22,31,33-35,37-38,57H,13-17,21,23H2,1-2H3,(H,52,53). The van der Waals surface area contributed by atoms with E-state index in [0.717, 1.165) is 17.1 Å². The van der Waals surface area contributed by atoms with E-state index in [0.29, 0.717) is 65.5 Å². The molecule has 6 unspecified atom stereocenters. The summed E-state index contributed by atoms with van der Waals surface area (Å²) in [6, 6.07) is 20.7. The Kier molecular flexibility index (Phi) is 10.3. The average molecular weight is 873 g/mol. The molecule has 0 spiro atoms. The number of aryl methyl sites for hydroxylation is 2. The lowest BCUT2D eigenvalue weighted by molar-refractivity contribution is -0.144. The Morgan fingerprint density at radius 1 is 0.885 bits per heavy atom. The van der Waals surface area contributed by atoms with Crippen LogP contribution in [0.5, 0.6) is 5.75 Å². The van der Waals surface area contributed by atoms with Gasteiger partial charge in [0.15, 0.2) is 5.82 Å². The van der Waals surface area contributed by atoms with Gasteiger partial charge < -0.3 is 5.11 Å². The molecule has 4 heterocycles. The van der Waals surface area contributed by atoms with Gasteiger partial charge in [-0.15, -0.1) is 0 Å². The molecule has 5 aliphatic rings. The number of allylic oxidation sites excluding steroid dienone is 2. The lowest BCUT2D eigenvalue weighted by Gasteiger charge is -2.50. The number of phenolic OH excluding ortho intramolecular Hbond substituents is 1. The zero-order valence-corrected chi connectivity index (χ0v) is 34.8. The minimum Gasteiger partial charge on any atom is -0.507 e. The van der Waals surface area contributed by atoms with Crippen LogP contribution in [0.1, 0.15) is 65.0 Å². The topological polar surface area (TPSA) is 123 Å². The molecule has 4 fully saturated rings. The van der Waals surface area contributed by atoms with Crippen LogP contribution >= 0.6 is 23.2 Å². The molecule has 4 aromatic rings. The first-order valence-corrected chi connectivity index (χ1v) is 21.1. The van der Waals surface area contributed by atoms with Crippen LogP contribution in [-0.4, -0.2) is 67.7 Å². The van der Waals surface area contributed by atoms with Gasteiger partial charge in [-0.3, -0.25) is 34.4 Å². The van der Waals surface area contributed by atoms with Crippen molar-refractivity contribution in [3.8, 4) is 5.75 Å². The number of piperidine rings is 1. The number of likely N-dealkylation sites (tertiary alicyclic amines) is 2. The summed E-state index contributed by atoms with van der Waals surface area (Å²) in [5, 5.41) is 11.6. The molecule has 0 radical (unpaired) electrons. The molecule has 10 nitrogen and oxygen atoms in total. The zero-order chi connectivity index (χ0) is 43.1. The molecule has 1 aromatic heterocycles. The minimum atomic E-state index is -4.74. The normalized spacial score (nSPS) is 26.9. The number of rotatable bonds is 7. The van der Waals surface area contributed by atoms with E-state index >= 15 is 9.59 Å². The van der Waals surface area contributed by atoms with Crippen LogP contribution < -0.4 is 5.43 Å². The molecule has 61 heavy (non-hydrogen) atoms. The number of fused-ring (bicyclic) bond motifs is 4. The molecular weight excluding hydrogens is 830 g/mol. The van der Waals surface area contributed by atoms with Crippen molar-refractivity contribution in [1.29, 1.82) is 0 Å². The number of nitrogens with zero attached hydrogens (tertiary/aromatic N) is 4. The van der Waals surface area contributed by atoms with E-state index in [2.05, 4.69) is 27.4 Å². The number of phenols is 1. The highest BCUT2D eigenvalue weighted by Gasteiger charge is 2.70. The predicted octanol–water partition coefficient (Wildman–Crippen LogP) is 8.38. The highest BCUT2D eigenvalue weighted by Crippen LogP contribution is 2.64. The van der Waals surface area contributed by atoms with Crippen molar-refractivity contribution in [2.24, 2.45) is 23.7 Å². The van der Waals surface area contributed by atoms with Gasteiger partial charge in [0.2, 0.25) is 11.8 Å². The molecule has 1 saturated carbocycles. The lowest BCUT2D eigenvalue weighted by atomic mass is 9.49. The molecule has 3 aliphatic heterocycles. The van der Waals surface area contributed by atoms with Crippen molar-refractivity contribution in [2.45, 2.75) is 69.6 Å². The predicted molar refractivity (Wildman–Crippen MR) is 221 cm³/mol. The second-order valence-electron chi connectivity index (χ2n) is 17.0. The van der Waals surface area contributed by atoms with Crippen molar-refractivity contribution in [2.75, 3.05) is 18.5 Å². The van der Waals surface area contributed by atoms with Crippen LogP contribution in [-0.2, 0) is 37.3 Å². The monoisotopic (exact) mass is 871 g/mol. The van der Waals surface area contributed by atoms with E-state index in [-0.39, 0.29) is 42.3 Å². The maximum Gasteiger partial charge on any atom is 0.417 e. The number of aromatic hydroxyl groups is 1. The van der Waals surface area contributed by atoms with E-state index in [4.69, 9.17) is 23.2 Å². The molecule has 2 N–H and O–H groups in total. The van der Waals surface area contributed by atoms with Gasteiger partial charge in [-0.05, 0) is 91.5 Å². The number of alkyl halides is 3. The number of aromatic nitrogens is 1. The molecule has 3 aromatic carbocycles. The summed E-state index contributed by atoms with van der Waals surface area (Å²) in [5.74, 6) is -6.32. The second kappa shape index (κ2) is 15.3. The Hall–Kier alpha value is -5.24.